The van der Waals surface area contributed by atoms with E-state index in [1.807, 2.05) is 13.8 Å². The molecule has 1 aromatic carbocycles. The van der Waals surface area contributed by atoms with Crippen molar-refractivity contribution in [3.05, 3.63) is 23.5 Å². The molecule has 1 heterocycles. The summed E-state index contributed by atoms with van der Waals surface area (Å²) in [7, 11) is 0. The van der Waals surface area contributed by atoms with Gasteiger partial charge < -0.3 is 9.47 Å². The van der Waals surface area contributed by atoms with Crippen LogP contribution in [-0.4, -0.2) is 6.79 Å². The molecule has 0 saturated heterocycles. The Balaban J connectivity index is 2.49. The van der Waals surface area contributed by atoms with Crippen LogP contribution in [0.3, 0.4) is 0 Å². The Hall–Kier alpha value is -1.25. The standard InChI is InChI=1S/C10H11FO2/c1-6(2)7-3-9-10(4-8(7)11)13-5-12-9/h3-4,6H,5H2,1-2H3. The third-order valence-electron chi connectivity index (χ3n) is 2.11. The van der Waals surface area contributed by atoms with Crippen LogP contribution in [0.25, 0.3) is 0 Å². The SMILES string of the molecule is CC(C)c1cc2c(cc1F)OCO2. The summed E-state index contributed by atoms with van der Waals surface area (Å²) in [4.78, 5) is 0. The summed E-state index contributed by atoms with van der Waals surface area (Å²) in [6.07, 6.45) is 0. The first-order chi connectivity index (χ1) is 6.18. The molecule has 1 aromatic rings. The van der Waals surface area contributed by atoms with Crippen LogP contribution >= 0.6 is 0 Å². The van der Waals surface area contributed by atoms with Crippen molar-refractivity contribution in [2.75, 3.05) is 6.79 Å². The second-order valence-corrected chi connectivity index (χ2v) is 3.38. The van der Waals surface area contributed by atoms with Crippen LogP contribution in [-0.2, 0) is 0 Å². The molecule has 3 heteroatoms. The van der Waals surface area contributed by atoms with Crippen LogP contribution < -0.4 is 9.47 Å². The highest BCUT2D eigenvalue weighted by Crippen LogP contribution is 2.36. The molecule has 0 fully saturated rings. The maximum absolute atomic E-state index is 13.4. The Morgan fingerprint density at radius 1 is 1.23 bits per heavy atom. The van der Waals surface area contributed by atoms with E-state index in [9.17, 15) is 4.39 Å². The largest absolute Gasteiger partial charge is 0.454 e. The van der Waals surface area contributed by atoms with Crippen molar-refractivity contribution in [2.24, 2.45) is 0 Å². The van der Waals surface area contributed by atoms with Gasteiger partial charge in [0.2, 0.25) is 6.79 Å². The molecule has 0 aromatic heterocycles. The van der Waals surface area contributed by atoms with Gasteiger partial charge in [-0.1, -0.05) is 13.8 Å². The molecular formula is C10H11FO2. The van der Waals surface area contributed by atoms with E-state index in [1.54, 1.807) is 6.07 Å². The summed E-state index contributed by atoms with van der Waals surface area (Å²) in [5.74, 6) is 1.08. The van der Waals surface area contributed by atoms with Gasteiger partial charge in [-0.05, 0) is 17.5 Å². The van der Waals surface area contributed by atoms with E-state index in [2.05, 4.69) is 0 Å². The Labute approximate surface area is 76.3 Å². The molecule has 13 heavy (non-hydrogen) atoms. The number of benzene rings is 1. The minimum Gasteiger partial charge on any atom is -0.454 e. The second kappa shape index (κ2) is 2.91. The highest BCUT2D eigenvalue weighted by molar-refractivity contribution is 5.46. The predicted octanol–water partition coefficient (Wildman–Crippen LogP) is 2.68. The molecule has 0 saturated carbocycles. The molecule has 0 unspecified atom stereocenters. The fraction of sp³-hybridized carbons (Fsp3) is 0.400. The summed E-state index contributed by atoms with van der Waals surface area (Å²) in [6.45, 7) is 4.08. The van der Waals surface area contributed by atoms with Crippen LogP contribution in [0.1, 0.15) is 25.3 Å². The molecule has 0 aliphatic carbocycles. The molecule has 1 aliphatic heterocycles. The third kappa shape index (κ3) is 1.34. The average molecular weight is 182 g/mol. The van der Waals surface area contributed by atoms with Gasteiger partial charge in [0.05, 0.1) is 0 Å². The smallest absolute Gasteiger partial charge is 0.231 e. The molecule has 0 atom stereocenters. The number of fused-ring (bicyclic) bond motifs is 1. The van der Waals surface area contributed by atoms with Crippen LogP contribution in [0.15, 0.2) is 12.1 Å². The Morgan fingerprint density at radius 2 is 1.85 bits per heavy atom. The van der Waals surface area contributed by atoms with Gasteiger partial charge in [0.15, 0.2) is 11.5 Å². The topological polar surface area (TPSA) is 18.5 Å². The lowest BCUT2D eigenvalue weighted by Crippen LogP contribution is -1.93. The van der Waals surface area contributed by atoms with E-state index in [0.29, 0.717) is 17.1 Å². The molecule has 0 bridgehead atoms. The van der Waals surface area contributed by atoms with Crippen LogP contribution in [0, 0.1) is 5.82 Å². The molecule has 0 amide bonds. The first-order valence-electron chi connectivity index (χ1n) is 4.27. The van der Waals surface area contributed by atoms with Crippen molar-refractivity contribution >= 4 is 0 Å². The van der Waals surface area contributed by atoms with Gasteiger partial charge in [0.25, 0.3) is 0 Å². The highest BCUT2D eigenvalue weighted by atomic mass is 19.1. The van der Waals surface area contributed by atoms with E-state index in [1.165, 1.54) is 6.07 Å². The van der Waals surface area contributed by atoms with E-state index in [-0.39, 0.29) is 18.5 Å². The molecular weight excluding hydrogens is 171 g/mol. The maximum Gasteiger partial charge on any atom is 0.231 e. The Kier molecular flexibility index (Phi) is 1.87. The number of hydrogen-bond donors (Lipinski definition) is 0. The zero-order valence-corrected chi connectivity index (χ0v) is 7.63. The minimum atomic E-state index is -0.223. The number of rotatable bonds is 1. The quantitative estimate of drug-likeness (QED) is 0.664. The zero-order valence-electron chi connectivity index (χ0n) is 7.63. The Bertz CT molecular complexity index is 334. The molecule has 0 N–H and O–H groups in total. The summed E-state index contributed by atoms with van der Waals surface area (Å²) >= 11 is 0. The van der Waals surface area contributed by atoms with Gasteiger partial charge >= 0.3 is 0 Å². The third-order valence-corrected chi connectivity index (χ3v) is 2.11. The van der Waals surface area contributed by atoms with E-state index >= 15 is 0 Å². The molecule has 2 rings (SSSR count). The second-order valence-electron chi connectivity index (χ2n) is 3.38. The normalized spacial score (nSPS) is 13.8. The summed E-state index contributed by atoms with van der Waals surface area (Å²) < 4.78 is 23.6. The highest BCUT2D eigenvalue weighted by Gasteiger charge is 2.18. The van der Waals surface area contributed by atoms with E-state index in [0.717, 1.165) is 0 Å². The summed E-state index contributed by atoms with van der Waals surface area (Å²) in [6, 6.07) is 3.10. The first-order valence-corrected chi connectivity index (χ1v) is 4.27. The van der Waals surface area contributed by atoms with Crippen LogP contribution in [0.5, 0.6) is 11.5 Å². The molecule has 70 valence electrons. The van der Waals surface area contributed by atoms with Crippen molar-refractivity contribution in [2.45, 2.75) is 19.8 Å². The van der Waals surface area contributed by atoms with Crippen molar-refractivity contribution in [3.8, 4) is 11.5 Å². The monoisotopic (exact) mass is 182 g/mol. The van der Waals surface area contributed by atoms with Crippen molar-refractivity contribution in [3.63, 3.8) is 0 Å². The molecule has 0 spiro atoms. The maximum atomic E-state index is 13.4. The lowest BCUT2D eigenvalue weighted by Gasteiger charge is -2.07. The van der Waals surface area contributed by atoms with Crippen LogP contribution in [0.2, 0.25) is 0 Å². The number of halogens is 1. The Morgan fingerprint density at radius 3 is 2.46 bits per heavy atom. The van der Waals surface area contributed by atoms with Crippen molar-refractivity contribution in [1.82, 2.24) is 0 Å². The fourth-order valence-electron chi connectivity index (χ4n) is 1.38. The lowest BCUT2D eigenvalue weighted by molar-refractivity contribution is 0.174. The van der Waals surface area contributed by atoms with Crippen molar-refractivity contribution < 1.29 is 13.9 Å². The summed E-state index contributed by atoms with van der Waals surface area (Å²) in [5.41, 5.74) is 0.671. The predicted molar refractivity (Wildman–Crippen MR) is 46.6 cm³/mol. The average Bonchev–Trinajstić information content (AvgIpc) is 2.48. The van der Waals surface area contributed by atoms with Gasteiger partial charge in [-0.2, -0.15) is 0 Å². The van der Waals surface area contributed by atoms with Gasteiger partial charge in [-0.15, -0.1) is 0 Å². The van der Waals surface area contributed by atoms with E-state index < -0.39 is 0 Å². The number of hydrogen-bond acceptors (Lipinski definition) is 2. The van der Waals surface area contributed by atoms with Gasteiger partial charge in [0, 0.05) is 6.07 Å². The molecule has 0 radical (unpaired) electrons. The zero-order chi connectivity index (χ0) is 9.42. The summed E-state index contributed by atoms with van der Waals surface area (Å²) in [5, 5.41) is 0. The van der Waals surface area contributed by atoms with Gasteiger partial charge in [0.1, 0.15) is 5.82 Å². The van der Waals surface area contributed by atoms with Gasteiger partial charge in [-0.3, -0.25) is 0 Å². The first kappa shape index (κ1) is 8.35. The van der Waals surface area contributed by atoms with E-state index in [4.69, 9.17) is 9.47 Å². The molecule has 2 nitrogen and oxygen atoms in total. The van der Waals surface area contributed by atoms with Crippen molar-refractivity contribution in [1.29, 1.82) is 0 Å². The molecule has 1 aliphatic rings. The fourth-order valence-corrected chi connectivity index (χ4v) is 1.38. The number of ether oxygens (including phenoxy) is 2. The minimum absolute atomic E-state index is 0.162. The van der Waals surface area contributed by atoms with Gasteiger partial charge in [-0.25, -0.2) is 4.39 Å². The lowest BCUT2D eigenvalue weighted by atomic mass is 10.0. The van der Waals surface area contributed by atoms with Crippen LogP contribution in [0.4, 0.5) is 4.39 Å².